The van der Waals surface area contributed by atoms with Crippen LogP contribution in [0.4, 0.5) is 0 Å². The van der Waals surface area contributed by atoms with Gasteiger partial charge >= 0.3 is 5.97 Å². The molecule has 0 N–H and O–H groups in total. The van der Waals surface area contributed by atoms with Crippen LogP contribution >= 0.6 is 0 Å². The molecule has 3 heterocycles. The van der Waals surface area contributed by atoms with Crippen molar-refractivity contribution in [1.29, 1.82) is 0 Å². The van der Waals surface area contributed by atoms with E-state index in [0.717, 1.165) is 5.69 Å². The van der Waals surface area contributed by atoms with E-state index in [1.165, 1.54) is 12.1 Å². The number of benzene rings is 1. The van der Waals surface area contributed by atoms with Crippen molar-refractivity contribution in [1.82, 2.24) is 14.8 Å². The van der Waals surface area contributed by atoms with Gasteiger partial charge in [0.1, 0.15) is 6.10 Å². The average Bonchev–Trinajstić information content (AvgIpc) is 3.37. The number of imide groups is 1. The maximum Gasteiger partial charge on any atom is 0.339 e. The molecule has 0 unspecified atom stereocenters. The van der Waals surface area contributed by atoms with Crippen LogP contribution in [-0.2, 0) is 14.4 Å². The molecule has 27 heavy (non-hydrogen) atoms. The molecule has 0 radical (unpaired) electrons. The Morgan fingerprint density at radius 2 is 1.85 bits per heavy atom. The van der Waals surface area contributed by atoms with Crippen molar-refractivity contribution >= 4 is 17.8 Å². The second-order valence-corrected chi connectivity index (χ2v) is 6.84. The predicted octanol–water partition coefficient (Wildman–Crippen LogP) is 2.30. The largest absolute Gasteiger partial charge is 0.371 e. The fraction of sp³-hybridized carbons (Fsp3) is 0.368. The molecule has 2 amide bonds. The van der Waals surface area contributed by atoms with Gasteiger partial charge in [0.25, 0.3) is 11.8 Å². The number of nitrogens with zero attached hydrogens (tertiary/aromatic N) is 3. The topological polar surface area (TPSA) is 90.7 Å². The van der Waals surface area contributed by atoms with E-state index in [9.17, 15) is 14.4 Å². The summed E-state index contributed by atoms with van der Waals surface area (Å²) in [7, 11) is 0. The van der Waals surface area contributed by atoms with Gasteiger partial charge in [-0.05, 0) is 38.5 Å². The lowest BCUT2D eigenvalue weighted by molar-refractivity contribution is -0.175. The van der Waals surface area contributed by atoms with Gasteiger partial charge in [-0.15, -0.1) is 0 Å². The number of carbonyl (C=O) groups is 3. The molecular weight excluding hydrogens is 350 g/mol. The highest BCUT2D eigenvalue weighted by atomic mass is 16.7. The van der Waals surface area contributed by atoms with Crippen molar-refractivity contribution < 1.29 is 24.0 Å². The highest BCUT2D eigenvalue weighted by Gasteiger charge is 2.43. The fourth-order valence-electron chi connectivity index (χ4n) is 3.51. The number of hydrogen-bond acceptors (Lipinski definition) is 6. The molecule has 1 aromatic heterocycles. The van der Waals surface area contributed by atoms with E-state index in [-0.39, 0.29) is 17.2 Å². The van der Waals surface area contributed by atoms with E-state index < -0.39 is 29.8 Å². The zero-order chi connectivity index (χ0) is 19.1. The summed E-state index contributed by atoms with van der Waals surface area (Å²) in [5.74, 6) is -2.55. The Morgan fingerprint density at radius 1 is 1.19 bits per heavy atom. The van der Waals surface area contributed by atoms with Crippen molar-refractivity contribution in [3.8, 4) is 0 Å². The molecule has 2 aliphatic rings. The summed E-state index contributed by atoms with van der Waals surface area (Å²) in [6, 6.07) is 8.29. The zero-order valence-corrected chi connectivity index (χ0v) is 15.0. The quantitative estimate of drug-likeness (QED) is 0.768. The van der Waals surface area contributed by atoms with Crippen molar-refractivity contribution in [3.63, 3.8) is 0 Å². The summed E-state index contributed by atoms with van der Waals surface area (Å²) in [4.78, 5) is 42.8. The van der Waals surface area contributed by atoms with Crippen LogP contribution in [0.15, 0.2) is 36.5 Å². The van der Waals surface area contributed by atoms with Gasteiger partial charge in [0.05, 0.1) is 22.7 Å². The molecule has 0 spiro atoms. The number of rotatable bonds is 4. The first-order valence-corrected chi connectivity index (χ1v) is 8.83. The molecule has 0 saturated carbocycles. The van der Waals surface area contributed by atoms with Crippen molar-refractivity contribution in [2.45, 2.75) is 32.4 Å². The lowest BCUT2D eigenvalue weighted by atomic mass is 9.99. The summed E-state index contributed by atoms with van der Waals surface area (Å²) < 4.78 is 7.54. The van der Waals surface area contributed by atoms with Crippen molar-refractivity contribution in [3.05, 3.63) is 53.3 Å². The molecule has 1 fully saturated rings. The van der Waals surface area contributed by atoms with E-state index in [4.69, 9.17) is 9.57 Å². The van der Waals surface area contributed by atoms with Crippen molar-refractivity contribution in [2.75, 3.05) is 6.61 Å². The van der Waals surface area contributed by atoms with Gasteiger partial charge in [-0.3, -0.25) is 14.3 Å². The molecule has 8 heteroatoms. The zero-order valence-electron chi connectivity index (χ0n) is 15.0. The molecule has 2 aliphatic heterocycles. The number of ether oxygens (including phenoxy) is 1. The normalized spacial score (nSPS) is 21.8. The van der Waals surface area contributed by atoms with Gasteiger partial charge in [0, 0.05) is 18.8 Å². The molecule has 0 bridgehead atoms. The van der Waals surface area contributed by atoms with Gasteiger partial charge in [-0.2, -0.15) is 5.10 Å². The van der Waals surface area contributed by atoms with Gasteiger partial charge in [0.15, 0.2) is 0 Å². The number of fused-ring (bicyclic) bond motifs is 1. The van der Waals surface area contributed by atoms with E-state index >= 15 is 0 Å². The fourth-order valence-corrected chi connectivity index (χ4v) is 3.51. The summed E-state index contributed by atoms with van der Waals surface area (Å²) in [6.45, 7) is 4.35. The smallest absolute Gasteiger partial charge is 0.339 e. The summed E-state index contributed by atoms with van der Waals surface area (Å²) in [5, 5.41) is 4.82. The van der Waals surface area contributed by atoms with Crippen LogP contribution in [0.5, 0.6) is 0 Å². The molecule has 1 aromatic carbocycles. The molecule has 4 rings (SSSR count). The first-order chi connectivity index (χ1) is 13.0. The van der Waals surface area contributed by atoms with E-state index in [1.54, 1.807) is 29.1 Å². The third kappa shape index (κ3) is 2.82. The number of aromatic nitrogens is 2. The summed E-state index contributed by atoms with van der Waals surface area (Å²) >= 11 is 0. The standard InChI is InChI=1S/C19H19N3O5/c1-11(2)21-15(7-9-20-21)16-14(8-10-26-16)19(25)27-22-17(23)12-5-3-4-6-13(12)18(22)24/h3-7,9,11,14,16H,8,10H2,1-2H3/t14-,16-/m1/s1. The Labute approximate surface area is 155 Å². The van der Waals surface area contributed by atoms with Crippen LogP contribution < -0.4 is 0 Å². The molecular formula is C19H19N3O5. The third-order valence-corrected chi connectivity index (χ3v) is 4.81. The van der Waals surface area contributed by atoms with Crippen LogP contribution in [0, 0.1) is 5.92 Å². The molecule has 1 saturated heterocycles. The predicted molar refractivity (Wildman–Crippen MR) is 92.4 cm³/mol. The van der Waals surface area contributed by atoms with Crippen LogP contribution in [-0.4, -0.2) is 39.2 Å². The second-order valence-electron chi connectivity index (χ2n) is 6.84. The highest BCUT2D eigenvalue weighted by molar-refractivity contribution is 6.20. The minimum atomic E-state index is -0.663. The minimum absolute atomic E-state index is 0.104. The highest BCUT2D eigenvalue weighted by Crippen LogP contribution is 2.36. The van der Waals surface area contributed by atoms with Gasteiger partial charge in [0.2, 0.25) is 0 Å². The third-order valence-electron chi connectivity index (χ3n) is 4.81. The van der Waals surface area contributed by atoms with Gasteiger partial charge < -0.3 is 9.57 Å². The van der Waals surface area contributed by atoms with E-state index in [1.807, 2.05) is 13.8 Å². The second kappa shape index (κ2) is 6.62. The van der Waals surface area contributed by atoms with Gasteiger partial charge in [-0.25, -0.2) is 4.79 Å². The Bertz CT molecular complexity index is 885. The first kappa shape index (κ1) is 17.4. The molecule has 0 aliphatic carbocycles. The maximum absolute atomic E-state index is 12.8. The molecule has 8 nitrogen and oxygen atoms in total. The van der Waals surface area contributed by atoms with Crippen LogP contribution in [0.3, 0.4) is 0 Å². The number of hydroxylamine groups is 2. The Hall–Kier alpha value is -3.00. The van der Waals surface area contributed by atoms with Crippen LogP contribution in [0.2, 0.25) is 0 Å². The lowest BCUT2D eigenvalue weighted by Crippen LogP contribution is -2.36. The Morgan fingerprint density at radius 3 is 2.48 bits per heavy atom. The van der Waals surface area contributed by atoms with E-state index in [0.29, 0.717) is 18.1 Å². The Balaban J connectivity index is 1.54. The van der Waals surface area contributed by atoms with Gasteiger partial charge in [-0.1, -0.05) is 17.2 Å². The SMILES string of the molecule is CC(C)n1nccc1[C@@H]1OCC[C@H]1C(=O)ON1C(=O)c2ccccc2C1=O. The van der Waals surface area contributed by atoms with Crippen LogP contribution in [0.1, 0.15) is 58.8 Å². The average molecular weight is 369 g/mol. The number of amides is 2. The summed E-state index contributed by atoms with van der Waals surface area (Å²) in [5.41, 5.74) is 1.23. The summed E-state index contributed by atoms with van der Waals surface area (Å²) in [6.07, 6.45) is 1.57. The maximum atomic E-state index is 12.8. The molecule has 140 valence electrons. The van der Waals surface area contributed by atoms with Crippen LogP contribution in [0.25, 0.3) is 0 Å². The Kier molecular flexibility index (Phi) is 4.27. The first-order valence-electron chi connectivity index (χ1n) is 8.83. The molecule has 2 aromatic rings. The van der Waals surface area contributed by atoms with Crippen molar-refractivity contribution in [2.24, 2.45) is 5.92 Å². The number of carbonyl (C=O) groups excluding carboxylic acids is 3. The number of hydrogen-bond donors (Lipinski definition) is 0. The van der Waals surface area contributed by atoms with E-state index in [2.05, 4.69) is 5.10 Å². The minimum Gasteiger partial charge on any atom is -0.371 e. The monoisotopic (exact) mass is 369 g/mol. The molecule has 2 atom stereocenters. The lowest BCUT2D eigenvalue weighted by Gasteiger charge is -2.21.